The van der Waals surface area contributed by atoms with Crippen LogP contribution in [0.3, 0.4) is 0 Å². The predicted molar refractivity (Wildman–Crippen MR) is 77.6 cm³/mol. The Morgan fingerprint density at radius 1 is 1.22 bits per heavy atom. The molecule has 0 bridgehead atoms. The summed E-state index contributed by atoms with van der Waals surface area (Å²) in [5.74, 6) is 0.708. The molecule has 0 amide bonds. The largest absolute Gasteiger partial charge is 0.486 e. The molecule has 2 rings (SSSR count). The van der Waals surface area contributed by atoms with E-state index in [1.54, 1.807) is 0 Å². The fraction of sp³-hybridized carbons (Fsp3) is 0.357. The fourth-order valence-electron chi connectivity index (χ4n) is 1.82. The highest BCUT2D eigenvalue weighted by Crippen LogP contribution is 2.29. The number of aromatic amines is 1. The van der Waals surface area contributed by atoms with Gasteiger partial charge in [0.1, 0.15) is 11.4 Å². The number of nitrogens with one attached hydrogen (secondary N) is 1. The summed E-state index contributed by atoms with van der Waals surface area (Å²) in [5.41, 5.74) is 1.47. The van der Waals surface area contributed by atoms with Crippen LogP contribution in [-0.2, 0) is 5.33 Å². The summed E-state index contributed by atoms with van der Waals surface area (Å²) in [6.45, 7) is 5.95. The summed E-state index contributed by atoms with van der Waals surface area (Å²) in [5, 5.41) is 1.75. The van der Waals surface area contributed by atoms with Crippen molar-refractivity contribution in [2.75, 3.05) is 0 Å². The summed E-state index contributed by atoms with van der Waals surface area (Å²) in [7, 11) is 0. The number of hydrogen-bond acceptors (Lipinski definition) is 2. The van der Waals surface area contributed by atoms with Crippen molar-refractivity contribution < 1.29 is 4.74 Å². The number of alkyl halides is 1. The number of halogens is 1. The molecule has 1 heterocycles. The molecule has 1 aromatic heterocycles. The van der Waals surface area contributed by atoms with Gasteiger partial charge in [-0.25, -0.2) is 0 Å². The zero-order valence-electron chi connectivity index (χ0n) is 10.7. The molecular weight excluding hydrogens is 294 g/mol. The Bertz CT molecular complexity index is 626. The minimum absolute atomic E-state index is 0.118. The van der Waals surface area contributed by atoms with Gasteiger partial charge >= 0.3 is 0 Å². The van der Waals surface area contributed by atoms with Crippen LogP contribution in [0.5, 0.6) is 5.75 Å². The number of hydrogen-bond donors (Lipinski definition) is 1. The van der Waals surface area contributed by atoms with Gasteiger partial charge in [0.25, 0.3) is 0 Å². The standard InChI is InChI=1S/C14H16BrNO2/c1-14(2,3)18-11-6-4-9(8-15)10-5-7-12(17)16-13(10)11/h4-7H,8H2,1-3H3,(H,16,17). The van der Waals surface area contributed by atoms with Crippen molar-refractivity contribution in [3.63, 3.8) is 0 Å². The van der Waals surface area contributed by atoms with Crippen LogP contribution in [0.4, 0.5) is 0 Å². The first kappa shape index (κ1) is 13.1. The van der Waals surface area contributed by atoms with Crippen molar-refractivity contribution >= 4 is 26.8 Å². The van der Waals surface area contributed by atoms with Crippen LogP contribution in [-0.4, -0.2) is 10.6 Å². The first-order valence-electron chi connectivity index (χ1n) is 5.80. The van der Waals surface area contributed by atoms with E-state index in [0.29, 0.717) is 5.75 Å². The molecule has 0 saturated heterocycles. The van der Waals surface area contributed by atoms with Crippen molar-refractivity contribution in [3.05, 3.63) is 40.2 Å². The minimum Gasteiger partial charge on any atom is -0.486 e. The normalized spacial score (nSPS) is 11.8. The maximum atomic E-state index is 11.5. The zero-order chi connectivity index (χ0) is 13.3. The van der Waals surface area contributed by atoms with Crippen LogP contribution < -0.4 is 10.3 Å². The van der Waals surface area contributed by atoms with E-state index in [2.05, 4.69) is 20.9 Å². The number of aromatic nitrogens is 1. The molecular formula is C14H16BrNO2. The van der Waals surface area contributed by atoms with E-state index < -0.39 is 0 Å². The van der Waals surface area contributed by atoms with Gasteiger partial charge in [0.15, 0.2) is 0 Å². The van der Waals surface area contributed by atoms with Crippen LogP contribution in [0.25, 0.3) is 10.9 Å². The molecule has 0 saturated carbocycles. The van der Waals surface area contributed by atoms with Crippen molar-refractivity contribution in [2.45, 2.75) is 31.7 Å². The Kier molecular flexibility index (Phi) is 3.48. The van der Waals surface area contributed by atoms with Gasteiger partial charge in [0, 0.05) is 16.8 Å². The monoisotopic (exact) mass is 309 g/mol. The highest BCUT2D eigenvalue weighted by atomic mass is 79.9. The van der Waals surface area contributed by atoms with E-state index in [0.717, 1.165) is 21.8 Å². The maximum absolute atomic E-state index is 11.5. The lowest BCUT2D eigenvalue weighted by molar-refractivity contribution is 0.133. The van der Waals surface area contributed by atoms with Crippen molar-refractivity contribution in [1.29, 1.82) is 0 Å². The summed E-state index contributed by atoms with van der Waals surface area (Å²) < 4.78 is 5.88. The molecule has 0 fully saturated rings. The van der Waals surface area contributed by atoms with Crippen LogP contribution >= 0.6 is 15.9 Å². The summed E-state index contributed by atoms with van der Waals surface area (Å²) in [4.78, 5) is 14.3. The average Bonchev–Trinajstić information content (AvgIpc) is 2.28. The zero-order valence-corrected chi connectivity index (χ0v) is 12.3. The first-order valence-corrected chi connectivity index (χ1v) is 6.93. The second-order valence-corrected chi connectivity index (χ2v) is 5.74. The van der Waals surface area contributed by atoms with Gasteiger partial charge in [-0.3, -0.25) is 4.79 Å². The second kappa shape index (κ2) is 4.76. The van der Waals surface area contributed by atoms with E-state index in [9.17, 15) is 4.79 Å². The average molecular weight is 310 g/mol. The minimum atomic E-state index is -0.296. The topological polar surface area (TPSA) is 42.1 Å². The van der Waals surface area contributed by atoms with Gasteiger partial charge in [-0.1, -0.05) is 22.0 Å². The smallest absolute Gasteiger partial charge is 0.248 e. The van der Waals surface area contributed by atoms with Gasteiger partial charge in [-0.05, 0) is 38.5 Å². The van der Waals surface area contributed by atoms with E-state index in [1.165, 1.54) is 6.07 Å². The van der Waals surface area contributed by atoms with Gasteiger partial charge in [-0.2, -0.15) is 0 Å². The maximum Gasteiger partial charge on any atom is 0.248 e. The van der Waals surface area contributed by atoms with E-state index in [4.69, 9.17) is 4.74 Å². The highest BCUT2D eigenvalue weighted by molar-refractivity contribution is 9.08. The third kappa shape index (κ3) is 2.75. The molecule has 1 N–H and O–H groups in total. The Morgan fingerprint density at radius 2 is 1.94 bits per heavy atom. The van der Waals surface area contributed by atoms with Gasteiger partial charge in [0.2, 0.25) is 5.56 Å². The molecule has 1 aromatic carbocycles. The van der Waals surface area contributed by atoms with E-state index >= 15 is 0 Å². The van der Waals surface area contributed by atoms with Gasteiger partial charge in [0.05, 0.1) is 5.52 Å². The van der Waals surface area contributed by atoms with Crippen LogP contribution in [0.2, 0.25) is 0 Å². The van der Waals surface area contributed by atoms with Crippen LogP contribution in [0.1, 0.15) is 26.3 Å². The Hall–Kier alpha value is -1.29. The summed E-state index contributed by atoms with van der Waals surface area (Å²) in [6, 6.07) is 7.28. The second-order valence-electron chi connectivity index (χ2n) is 5.18. The van der Waals surface area contributed by atoms with Gasteiger partial charge in [-0.15, -0.1) is 0 Å². The molecule has 2 aromatic rings. The molecule has 0 unspecified atom stereocenters. The molecule has 0 aliphatic heterocycles. The third-order valence-corrected chi connectivity index (χ3v) is 3.11. The summed E-state index contributed by atoms with van der Waals surface area (Å²) >= 11 is 3.45. The lowest BCUT2D eigenvalue weighted by atomic mass is 10.1. The Balaban J connectivity index is 2.68. The van der Waals surface area contributed by atoms with Crippen molar-refractivity contribution in [2.24, 2.45) is 0 Å². The van der Waals surface area contributed by atoms with Crippen LogP contribution in [0.15, 0.2) is 29.1 Å². The molecule has 3 nitrogen and oxygen atoms in total. The molecule has 4 heteroatoms. The van der Waals surface area contributed by atoms with E-state index in [1.807, 2.05) is 39.0 Å². The predicted octanol–water partition coefficient (Wildman–Crippen LogP) is 3.60. The number of benzene rings is 1. The number of fused-ring (bicyclic) bond motifs is 1. The quantitative estimate of drug-likeness (QED) is 0.861. The molecule has 0 aliphatic rings. The Labute approximate surface area is 114 Å². The molecule has 18 heavy (non-hydrogen) atoms. The van der Waals surface area contributed by atoms with Crippen LogP contribution in [0, 0.1) is 0 Å². The number of rotatable bonds is 2. The number of pyridine rings is 1. The summed E-state index contributed by atoms with van der Waals surface area (Å²) in [6.07, 6.45) is 0. The molecule has 96 valence electrons. The Morgan fingerprint density at radius 3 is 2.56 bits per heavy atom. The molecule has 0 atom stereocenters. The molecule has 0 spiro atoms. The first-order chi connectivity index (χ1) is 8.40. The lowest BCUT2D eigenvalue weighted by Crippen LogP contribution is -2.23. The fourth-order valence-corrected chi connectivity index (χ4v) is 2.31. The third-order valence-electron chi connectivity index (χ3n) is 2.51. The number of ether oxygens (including phenoxy) is 1. The van der Waals surface area contributed by atoms with Crippen molar-refractivity contribution in [1.82, 2.24) is 4.98 Å². The SMILES string of the molecule is CC(C)(C)Oc1ccc(CBr)c2ccc(=O)[nH]c12. The molecule has 0 radical (unpaired) electrons. The number of H-pyrrole nitrogens is 1. The lowest BCUT2D eigenvalue weighted by Gasteiger charge is -2.22. The van der Waals surface area contributed by atoms with Gasteiger partial charge < -0.3 is 9.72 Å². The molecule has 0 aliphatic carbocycles. The highest BCUT2D eigenvalue weighted by Gasteiger charge is 2.15. The van der Waals surface area contributed by atoms with E-state index in [-0.39, 0.29) is 11.2 Å². The van der Waals surface area contributed by atoms with Crippen molar-refractivity contribution in [3.8, 4) is 5.75 Å².